The molecule has 0 spiro atoms. The number of carbonyl (C=O) groups excluding carboxylic acids is 1. The van der Waals surface area contributed by atoms with Crippen molar-refractivity contribution >= 4 is 5.91 Å². The third kappa shape index (κ3) is 2.54. The van der Waals surface area contributed by atoms with E-state index in [-0.39, 0.29) is 17.4 Å². The number of ether oxygens (including phenoxy) is 2. The molecule has 126 valence electrons. The fourth-order valence-electron chi connectivity index (χ4n) is 3.46. The van der Waals surface area contributed by atoms with Crippen LogP contribution in [-0.2, 0) is 14.3 Å². The maximum atomic E-state index is 12.5. The molecule has 0 N–H and O–H groups in total. The third-order valence-electron chi connectivity index (χ3n) is 4.97. The van der Waals surface area contributed by atoms with Crippen LogP contribution in [0.2, 0.25) is 0 Å². The minimum absolute atomic E-state index is 0.0187. The van der Waals surface area contributed by atoms with E-state index in [1.54, 1.807) is 0 Å². The van der Waals surface area contributed by atoms with Crippen molar-refractivity contribution in [3.63, 3.8) is 0 Å². The standard InChI is InChI=1S/C15H22N4O4/c1-10-16-13(23-17-10)12-7-21-4-3-19(12)11-5-18(6-11)14(20)15(2)8-22-9-15/h11-12H,3-9H2,1-2H3. The summed E-state index contributed by atoms with van der Waals surface area (Å²) in [4.78, 5) is 21.1. The van der Waals surface area contributed by atoms with Gasteiger partial charge in [-0.15, -0.1) is 0 Å². The molecule has 1 unspecified atom stereocenters. The maximum Gasteiger partial charge on any atom is 0.246 e. The number of aromatic nitrogens is 2. The summed E-state index contributed by atoms with van der Waals surface area (Å²) in [6.07, 6.45) is 0. The quantitative estimate of drug-likeness (QED) is 0.775. The monoisotopic (exact) mass is 322 g/mol. The Bertz CT molecular complexity index is 594. The van der Waals surface area contributed by atoms with Crippen LogP contribution in [0, 0.1) is 12.3 Å². The lowest BCUT2D eigenvalue weighted by Crippen LogP contribution is -2.67. The number of aryl methyl sites for hydroxylation is 1. The van der Waals surface area contributed by atoms with E-state index >= 15 is 0 Å². The zero-order valence-electron chi connectivity index (χ0n) is 13.5. The first-order valence-electron chi connectivity index (χ1n) is 8.08. The first kappa shape index (κ1) is 15.0. The average molecular weight is 322 g/mol. The highest BCUT2D eigenvalue weighted by atomic mass is 16.5. The first-order valence-corrected chi connectivity index (χ1v) is 8.08. The number of rotatable bonds is 3. The average Bonchev–Trinajstić information content (AvgIpc) is 2.90. The zero-order chi connectivity index (χ0) is 16.0. The van der Waals surface area contributed by atoms with Gasteiger partial charge in [-0.1, -0.05) is 5.16 Å². The van der Waals surface area contributed by atoms with Gasteiger partial charge in [0.25, 0.3) is 0 Å². The van der Waals surface area contributed by atoms with Gasteiger partial charge in [-0.25, -0.2) is 0 Å². The Kier molecular flexibility index (Phi) is 3.62. The van der Waals surface area contributed by atoms with Crippen LogP contribution in [0.5, 0.6) is 0 Å². The van der Waals surface area contributed by atoms with Gasteiger partial charge in [0, 0.05) is 25.7 Å². The summed E-state index contributed by atoms with van der Waals surface area (Å²) < 4.78 is 16.1. The van der Waals surface area contributed by atoms with Gasteiger partial charge in [0.2, 0.25) is 11.8 Å². The second-order valence-corrected chi connectivity index (χ2v) is 6.93. The van der Waals surface area contributed by atoms with Gasteiger partial charge < -0.3 is 18.9 Å². The van der Waals surface area contributed by atoms with Gasteiger partial charge in [-0.3, -0.25) is 9.69 Å². The van der Waals surface area contributed by atoms with E-state index in [9.17, 15) is 4.79 Å². The highest BCUT2D eigenvalue weighted by Crippen LogP contribution is 2.34. The van der Waals surface area contributed by atoms with E-state index in [0.717, 1.165) is 19.6 Å². The Balaban J connectivity index is 1.40. The predicted molar refractivity (Wildman–Crippen MR) is 78.6 cm³/mol. The minimum Gasteiger partial charge on any atom is -0.379 e. The van der Waals surface area contributed by atoms with E-state index in [0.29, 0.717) is 44.2 Å². The molecule has 3 aliphatic heterocycles. The van der Waals surface area contributed by atoms with Crippen LogP contribution in [-0.4, -0.2) is 78.0 Å². The molecule has 1 atom stereocenters. The minimum atomic E-state index is -0.320. The van der Waals surface area contributed by atoms with Gasteiger partial charge in [0.15, 0.2) is 5.82 Å². The van der Waals surface area contributed by atoms with Crippen molar-refractivity contribution in [1.82, 2.24) is 19.9 Å². The Labute approximate surface area is 134 Å². The highest BCUT2D eigenvalue weighted by molar-refractivity contribution is 5.84. The van der Waals surface area contributed by atoms with Crippen molar-refractivity contribution in [1.29, 1.82) is 0 Å². The number of hydrogen-bond donors (Lipinski definition) is 0. The van der Waals surface area contributed by atoms with Crippen LogP contribution in [0.1, 0.15) is 24.7 Å². The van der Waals surface area contributed by atoms with E-state index in [4.69, 9.17) is 14.0 Å². The van der Waals surface area contributed by atoms with Gasteiger partial charge in [-0.05, 0) is 13.8 Å². The Morgan fingerprint density at radius 2 is 2.09 bits per heavy atom. The van der Waals surface area contributed by atoms with E-state index < -0.39 is 0 Å². The summed E-state index contributed by atoms with van der Waals surface area (Å²) in [6, 6.07) is 0.305. The van der Waals surface area contributed by atoms with Gasteiger partial charge >= 0.3 is 0 Å². The van der Waals surface area contributed by atoms with Gasteiger partial charge in [0.05, 0.1) is 31.8 Å². The molecule has 3 aliphatic rings. The molecule has 23 heavy (non-hydrogen) atoms. The maximum absolute atomic E-state index is 12.5. The zero-order valence-corrected chi connectivity index (χ0v) is 13.5. The molecule has 3 fully saturated rings. The molecule has 0 aliphatic carbocycles. The molecule has 8 nitrogen and oxygen atoms in total. The molecule has 1 aromatic rings. The van der Waals surface area contributed by atoms with Crippen molar-refractivity contribution < 1.29 is 18.8 Å². The molecular weight excluding hydrogens is 300 g/mol. The lowest BCUT2D eigenvalue weighted by atomic mass is 9.85. The van der Waals surface area contributed by atoms with Crippen LogP contribution in [0.25, 0.3) is 0 Å². The topological polar surface area (TPSA) is 80.9 Å². The van der Waals surface area contributed by atoms with Gasteiger partial charge in [-0.2, -0.15) is 4.98 Å². The molecule has 8 heteroatoms. The van der Waals surface area contributed by atoms with Gasteiger partial charge in [0.1, 0.15) is 6.04 Å². The number of carbonyl (C=O) groups is 1. The summed E-state index contributed by atoms with van der Waals surface area (Å²) >= 11 is 0. The lowest BCUT2D eigenvalue weighted by Gasteiger charge is -2.51. The summed E-state index contributed by atoms with van der Waals surface area (Å²) in [5.74, 6) is 1.44. The SMILES string of the molecule is Cc1noc(C2COCCN2C2CN(C(=O)C3(C)COC3)C2)n1. The van der Waals surface area contributed by atoms with Crippen LogP contribution < -0.4 is 0 Å². The lowest BCUT2D eigenvalue weighted by molar-refractivity contribution is -0.178. The van der Waals surface area contributed by atoms with E-state index in [2.05, 4.69) is 15.0 Å². The van der Waals surface area contributed by atoms with E-state index in [1.165, 1.54) is 0 Å². The number of likely N-dealkylation sites (tertiary alicyclic amines) is 1. The Morgan fingerprint density at radius 3 is 2.70 bits per heavy atom. The summed E-state index contributed by atoms with van der Waals surface area (Å²) in [7, 11) is 0. The van der Waals surface area contributed by atoms with Crippen LogP contribution >= 0.6 is 0 Å². The fraction of sp³-hybridized carbons (Fsp3) is 0.800. The third-order valence-corrected chi connectivity index (χ3v) is 4.97. The van der Waals surface area contributed by atoms with Crippen LogP contribution in [0.4, 0.5) is 0 Å². The molecule has 0 saturated carbocycles. The van der Waals surface area contributed by atoms with Crippen molar-refractivity contribution in [3.8, 4) is 0 Å². The first-order chi connectivity index (χ1) is 11.1. The van der Waals surface area contributed by atoms with Crippen LogP contribution in [0.15, 0.2) is 4.52 Å². The highest BCUT2D eigenvalue weighted by Gasteiger charge is 2.48. The number of nitrogens with zero attached hydrogens (tertiary/aromatic N) is 4. The molecule has 4 rings (SSSR count). The second-order valence-electron chi connectivity index (χ2n) is 6.93. The molecule has 0 radical (unpaired) electrons. The smallest absolute Gasteiger partial charge is 0.246 e. The predicted octanol–water partition coefficient (Wildman–Crippen LogP) is -0.00138. The number of morpholine rings is 1. The number of amides is 1. The largest absolute Gasteiger partial charge is 0.379 e. The molecule has 0 aromatic carbocycles. The Hall–Kier alpha value is -1.51. The van der Waals surface area contributed by atoms with Crippen LogP contribution in [0.3, 0.4) is 0 Å². The van der Waals surface area contributed by atoms with E-state index in [1.807, 2.05) is 18.7 Å². The normalized spacial score (nSPS) is 28.3. The summed E-state index contributed by atoms with van der Waals surface area (Å²) in [5.41, 5.74) is -0.320. The summed E-state index contributed by atoms with van der Waals surface area (Å²) in [6.45, 7) is 8.42. The summed E-state index contributed by atoms with van der Waals surface area (Å²) in [5, 5.41) is 3.88. The molecule has 3 saturated heterocycles. The number of hydrogen-bond acceptors (Lipinski definition) is 7. The van der Waals surface area contributed by atoms with Crippen molar-refractivity contribution in [3.05, 3.63) is 11.7 Å². The molecule has 4 heterocycles. The fourth-order valence-corrected chi connectivity index (χ4v) is 3.46. The molecular formula is C15H22N4O4. The second kappa shape index (κ2) is 5.54. The molecule has 1 amide bonds. The molecule has 0 bridgehead atoms. The van der Waals surface area contributed by atoms with Crippen molar-refractivity contribution in [2.24, 2.45) is 5.41 Å². The molecule has 1 aromatic heterocycles. The Morgan fingerprint density at radius 1 is 1.30 bits per heavy atom. The van der Waals surface area contributed by atoms with Crippen molar-refractivity contribution in [2.45, 2.75) is 25.9 Å². The van der Waals surface area contributed by atoms with Crippen molar-refractivity contribution in [2.75, 3.05) is 46.1 Å².